The number of nitrogens with zero attached hydrogens (tertiary/aromatic N) is 4. The van der Waals surface area contributed by atoms with Crippen LogP contribution in [0, 0.1) is 12.8 Å². The third-order valence-electron chi connectivity index (χ3n) is 8.97. The first-order valence-electron chi connectivity index (χ1n) is 14.6. The Bertz CT molecular complexity index is 1320. The molecular weight excluding hydrogens is 464 g/mol. The highest BCUT2D eigenvalue weighted by atomic mass is 15.1. The van der Waals surface area contributed by atoms with Crippen molar-refractivity contribution in [2.45, 2.75) is 76.7 Å². The van der Waals surface area contributed by atoms with E-state index in [4.69, 9.17) is 15.0 Å². The Hall–Kier alpha value is -3.11. The summed E-state index contributed by atoms with van der Waals surface area (Å²) in [7, 11) is 2.32. The fourth-order valence-electron chi connectivity index (χ4n) is 6.57. The number of benzene rings is 2. The molecule has 2 atom stereocenters. The summed E-state index contributed by atoms with van der Waals surface area (Å²) in [6.07, 6.45) is 17.9. The highest BCUT2D eigenvalue weighted by Crippen LogP contribution is 2.42. The molecule has 38 heavy (non-hydrogen) atoms. The van der Waals surface area contributed by atoms with Crippen LogP contribution in [0.1, 0.15) is 79.5 Å². The first-order chi connectivity index (χ1) is 18.6. The van der Waals surface area contributed by atoms with Crippen LogP contribution in [0.5, 0.6) is 0 Å². The number of hydrogen-bond donors (Lipinski definition) is 0. The maximum absolute atomic E-state index is 4.98. The third kappa shape index (κ3) is 5.51. The molecule has 0 aliphatic heterocycles. The summed E-state index contributed by atoms with van der Waals surface area (Å²) in [5.74, 6) is 1.56. The van der Waals surface area contributed by atoms with Gasteiger partial charge in [0.15, 0.2) is 0 Å². The van der Waals surface area contributed by atoms with Crippen molar-refractivity contribution in [1.29, 1.82) is 0 Å². The van der Waals surface area contributed by atoms with Gasteiger partial charge in [0, 0.05) is 29.4 Å². The van der Waals surface area contributed by atoms with Gasteiger partial charge in [-0.25, -0.2) is 15.0 Å². The quantitative estimate of drug-likeness (QED) is 0.343. The Labute approximate surface area is 228 Å². The van der Waals surface area contributed by atoms with Crippen molar-refractivity contribution >= 4 is 11.7 Å². The summed E-state index contributed by atoms with van der Waals surface area (Å²) >= 11 is 0. The van der Waals surface area contributed by atoms with Gasteiger partial charge in [-0.2, -0.15) is 0 Å². The highest BCUT2D eigenvalue weighted by Gasteiger charge is 2.27. The van der Waals surface area contributed by atoms with E-state index in [1.54, 1.807) is 0 Å². The minimum atomic E-state index is 0.329. The number of allylic oxidation sites excluding steroid dienone is 2. The smallest absolute Gasteiger partial charge is 0.250 e. The van der Waals surface area contributed by atoms with Crippen molar-refractivity contribution in [2.24, 2.45) is 10.9 Å². The average Bonchev–Trinajstić information content (AvgIpc) is 2.97. The molecule has 196 valence electrons. The lowest BCUT2D eigenvalue weighted by Gasteiger charge is -2.32. The second-order valence-electron chi connectivity index (χ2n) is 11.6. The van der Waals surface area contributed by atoms with Crippen LogP contribution in [-0.4, -0.2) is 40.2 Å². The molecule has 0 bridgehead atoms. The van der Waals surface area contributed by atoms with E-state index in [0.29, 0.717) is 17.8 Å². The zero-order valence-corrected chi connectivity index (χ0v) is 22.9. The van der Waals surface area contributed by atoms with Crippen molar-refractivity contribution in [3.05, 3.63) is 89.1 Å². The van der Waals surface area contributed by atoms with Crippen molar-refractivity contribution in [3.63, 3.8) is 0 Å². The number of aromatic nitrogens is 2. The molecule has 1 heterocycles. The first kappa shape index (κ1) is 25.2. The van der Waals surface area contributed by atoms with Gasteiger partial charge >= 0.3 is 0 Å². The SMILES string of the molecule is Cc1ccc(C2Cc3cnc(N=C4C=CC(CCN(C)C5CCCCC5)CC4)nc3-c3ccccc32)cc1. The van der Waals surface area contributed by atoms with E-state index in [0.717, 1.165) is 30.3 Å². The Morgan fingerprint density at radius 3 is 2.58 bits per heavy atom. The van der Waals surface area contributed by atoms with Crippen molar-refractivity contribution < 1.29 is 0 Å². The van der Waals surface area contributed by atoms with E-state index in [1.165, 1.54) is 79.3 Å². The number of rotatable bonds is 6. The van der Waals surface area contributed by atoms with Crippen LogP contribution in [0.3, 0.4) is 0 Å². The molecular formula is C34H40N4. The zero-order chi connectivity index (χ0) is 25.9. The molecule has 1 aromatic heterocycles. The standard InChI is InChI=1S/C34H40N4/c1-24-12-16-26(17-13-24)32-22-27-23-35-34(37-33(27)31-11-7-6-10-30(31)32)36-28-18-14-25(15-19-28)20-21-38(2)29-8-4-3-5-9-29/h6-7,10-14,16-18,23,25,29,32H,3-5,8-9,15,19-22H2,1-2H3. The number of fused-ring (bicyclic) bond motifs is 3. The molecule has 3 aromatic rings. The molecule has 1 fully saturated rings. The van der Waals surface area contributed by atoms with E-state index >= 15 is 0 Å². The Morgan fingerprint density at radius 1 is 0.974 bits per heavy atom. The van der Waals surface area contributed by atoms with Crippen LogP contribution in [-0.2, 0) is 6.42 Å². The molecule has 2 unspecified atom stereocenters. The minimum Gasteiger partial charge on any atom is -0.303 e. The van der Waals surface area contributed by atoms with Crippen LogP contribution in [0.15, 0.2) is 71.9 Å². The highest BCUT2D eigenvalue weighted by molar-refractivity contribution is 5.97. The average molecular weight is 505 g/mol. The largest absolute Gasteiger partial charge is 0.303 e. The van der Waals surface area contributed by atoms with Crippen LogP contribution in [0.4, 0.5) is 5.95 Å². The van der Waals surface area contributed by atoms with Gasteiger partial charge in [-0.15, -0.1) is 0 Å². The molecule has 0 radical (unpaired) electrons. The molecule has 6 rings (SSSR count). The van der Waals surface area contributed by atoms with Gasteiger partial charge in [0.25, 0.3) is 0 Å². The molecule has 0 saturated heterocycles. The van der Waals surface area contributed by atoms with E-state index < -0.39 is 0 Å². The van der Waals surface area contributed by atoms with E-state index in [2.05, 4.69) is 79.6 Å². The monoisotopic (exact) mass is 504 g/mol. The molecule has 4 heteroatoms. The van der Waals surface area contributed by atoms with Crippen molar-refractivity contribution in [2.75, 3.05) is 13.6 Å². The first-order valence-corrected chi connectivity index (χ1v) is 14.6. The Balaban J connectivity index is 1.15. The zero-order valence-electron chi connectivity index (χ0n) is 22.9. The third-order valence-corrected chi connectivity index (χ3v) is 8.97. The van der Waals surface area contributed by atoms with Gasteiger partial charge < -0.3 is 4.90 Å². The topological polar surface area (TPSA) is 41.4 Å². The number of aliphatic imine (C=N–C) groups is 1. The fraction of sp³-hybridized carbons (Fsp3) is 0.441. The summed E-state index contributed by atoms with van der Waals surface area (Å²) < 4.78 is 0. The van der Waals surface area contributed by atoms with E-state index in [-0.39, 0.29) is 0 Å². The second kappa shape index (κ2) is 11.3. The predicted octanol–water partition coefficient (Wildman–Crippen LogP) is 7.83. The molecule has 1 saturated carbocycles. The molecule has 2 aromatic carbocycles. The van der Waals surface area contributed by atoms with Crippen molar-refractivity contribution in [1.82, 2.24) is 14.9 Å². The van der Waals surface area contributed by atoms with Gasteiger partial charge in [0.1, 0.15) is 0 Å². The molecule has 3 aliphatic carbocycles. The molecule has 4 nitrogen and oxygen atoms in total. The van der Waals surface area contributed by atoms with Crippen LogP contribution in [0.2, 0.25) is 0 Å². The summed E-state index contributed by atoms with van der Waals surface area (Å²) in [4.78, 5) is 17.2. The molecule has 3 aliphatic rings. The Morgan fingerprint density at radius 2 is 1.79 bits per heavy atom. The van der Waals surface area contributed by atoms with Gasteiger partial charge in [-0.3, -0.25) is 0 Å². The summed E-state index contributed by atoms with van der Waals surface area (Å²) in [5.41, 5.74) is 8.55. The van der Waals surface area contributed by atoms with Crippen LogP contribution in [0.25, 0.3) is 11.3 Å². The van der Waals surface area contributed by atoms with Gasteiger partial charge in [-0.1, -0.05) is 79.4 Å². The fourth-order valence-corrected chi connectivity index (χ4v) is 6.57. The normalized spacial score (nSPS) is 22.4. The summed E-state index contributed by atoms with van der Waals surface area (Å²) in [6, 6.07) is 18.5. The maximum Gasteiger partial charge on any atom is 0.250 e. The minimum absolute atomic E-state index is 0.329. The predicted molar refractivity (Wildman–Crippen MR) is 157 cm³/mol. The maximum atomic E-state index is 4.98. The van der Waals surface area contributed by atoms with E-state index in [9.17, 15) is 0 Å². The summed E-state index contributed by atoms with van der Waals surface area (Å²) in [5, 5.41) is 0. The second-order valence-corrected chi connectivity index (χ2v) is 11.6. The molecule has 0 spiro atoms. The number of hydrogen-bond acceptors (Lipinski definition) is 4. The van der Waals surface area contributed by atoms with Gasteiger partial charge in [-0.05, 0) is 87.7 Å². The number of aryl methyl sites for hydroxylation is 1. The van der Waals surface area contributed by atoms with Gasteiger partial charge in [0.05, 0.1) is 5.69 Å². The molecule has 0 amide bonds. The summed E-state index contributed by atoms with van der Waals surface area (Å²) in [6.45, 7) is 3.34. The lowest BCUT2D eigenvalue weighted by Crippen LogP contribution is -2.34. The van der Waals surface area contributed by atoms with Gasteiger partial charge in [0.2, 0.25) is 5.95 Å². The van der Waals surface area contributed by atoms with Crippen LogP contribution < -0.4 is 0 Å². The molecule has 0 N–H and O–H groups in total. The van der Waals surface area contributed by atoms with E-state index in [1.807, 2.05) is 6.20 Å². The lowest BCUT2D eigenvalue weighted by atomic mass is 9.78. The Kier molecular flexibility index (Phi) is 7.51. The lowest BCUT2D eigenvalue weighted by molar-refractivity contribution is 0.183. The van der Waals surface area contributed by atoms with Crippen LogP contribution >= 0.6 is 0 Å². The van der Waals surface area contributed by atoms with Crippen molar-refractivity contribution in [3.8, 4) is 11.3 Å².